The Labute approximate surface area is 125 Å². The molecule has 0 bridgehead atoms. The van der Waals surface area contributed by atoms with Crippen LogP contribution >= 0.6 is 0 Å². The topological polar surface area (TPSA) is 44.9 Å². The predicted molar refractivity (Wildman–Crippen MR) is 87.6 cm³/mol. The molecule has 0 aliphatic heterocycles. The van der Waals surface area contributed by atoms with Gasteiger partial charge in [0.05, 0.1) is 0 Å². The summed E-state index contributed by atoms with van der Waals surface area (Å²) in [6.07, 6.45) is 5.17. The molecule has 3 heteroatoms. The van der Waals surface area contributed by atoms with Crippen LogP contribution in [-0.4, -0.2) is 11.0 Å². The van der Waals surface area contributed by atoms with E-state index in [2.05, 4.69) is 29.4 Å². The quantitative estimate of drug-likeness (QED) is 0.906. The lowest BCUT2D eigenvalue weighted by molar-refractivity contribution is 0.279. The molecule has 1 heterocycles. The summed E-state index contributed by atoms with van der Waals surface area (Å²) in [5.74, 6) is 0.709. The van der Waals surface area contributed by atoms with E-state index in [1.54, 1.807) is 0 Å². The van der Waals surface area contributed by atoms with Crippen molar-refractivity contribution in [3.05, 3.63) is 45.7 Å². The fraction of sp³-hybridized carbons (Fsp3) is 0.500. The lowest BCUT2D eigenvalue weighted by Crippen LogP contribution is -2.37. The molecular weight excluding hydrogens is 260 g/mol. The van der Waals surface area contributed by atoms with Gasteiger partial charge >= 0.3 is 0 Å². The minimum atomic E-state index is 0.0315. The van der Waals surface area contributed by atoms with Crippen LogP contribution in [-0.2, 0) is 6.54 Å². The second kappa shape index (κ2) is 6.02. The van der Waals surface area contributed by atoms with E-state index >= 15 is 0 Å². The summed E-state index contributed by atoms with van der Waals surface area (Å²) in [6, 6.07) is 8.76. The maximum atomic E-state index is 12.2. The zero-order valence-corrected chi connectivity index (χ0v) is 12.9. The fourth-order valence-corrected chi connectivity index (χ4v) is 3.35. The van der Waals surface area contributed by atoms with Crippen molar-refractivity contribution in [2.75, 3.05) is 0 Å². The maximum Gasteiger partial charge on any atom is 0.252 e. The Morgan fingerprint density at radius 3 is 2.86 bits per heavy atom. The van der Waals surface area contributed by atoms with Gasteiger partial charge in [-0.25, -0.2) is 0 Å². The molecule has 3 nitrogen and oxygen atoms in total. The zero-order chi connectivity index (χ0) is 14.8. The second-order valence-electron chi connectivity index (χ2n) is 6.46. The maximum absolute atomic E-state index is 12.2. The summed E-state index contributed by atoms with van der Waals surface area (Å²) in [7, 11) is 0. The highest BCUT2D eigenvalue weighted by atomic mass is 16.1. The van der Waals surface area contributed by atoms with E-state index in [1.807, 2.05) is 19.1 Å². The van der Waals surface area contributed by atoms with Gasteiger partial charge in [0, 0.05) is 23.7 Å². The lowest BCUT2D eigenvalue weighted by Gasteiger charge is -2.29. The highest BCUT2D eigenvalue weighted by Crippen LogP contribution is 2.24. The lowest BCUT2D eigenvalue weighted by atomic mass is 9.86. The summed E-state index contributed by atoms with van der Waals surface area (Å²) in [5, 5.41) is 4.69. The number of pyridine rings is 1. The van der Waals surface area contributed by atoms with Gasteiger partial charge in [-0.1, -0.05) is 31.9 Å². The molecule has 0 spiro atoms. The molecule has 21 heavy (non-hydrogen) atoms. The van der Waals surface area contributed by atoms with Crippen molar-refractivity contribution in [2.45, 2.75) is 52.1 Å². The Hall–Kier alpha value is -1.61. The number of nitrogens with one attached hydrogen (secondary N) is 2. The van der Waals surface area contributed by atoms with Gasteiger partial charge < -0.3 is 10.3 Å². The molecule has 2 aromatic rings. The van der Waals surface area contributed by atoms with Crippen molar-refractivity contribution >= 4 is 10.9 Å². The Balaban J connectivity index is 1.79. The first-order valence-electron chi connectivity index (χ1n) is 7.99. The van der Waals surface area contributed by atoms with Crippen LogP contribution in [0.4, 0.5) is 0 Å². The molecule has 1 saturated carbocycles. The van der Waals surface area contributed by atoms with Crippen molar-refractivity contribution in [3.8, 4) is 0 Å². The molecule has 3 rings (SSSR count). The molecule has 2 N–H and O–H groups in total. The second-order valence-corrected chi connectivity index (χ2v) is 6.46. The molecular formula is C18H24N2O. The van der Waals surface area contributed by atoms with Gasteiger partial charge in [0.1, 0.15) is 0 Å². The van der Waals surface area contributed by atoms with E-state index < -0.39 is 0 Å². The van der Waals surface area contributed by atoms with Gasteiger partial charge in [-0.15, -0.1) is 0 Å². The number of hydrogen-bond donors (Lipinski definition) is 2. The molecule has 1 aromatic heterocycles. The van der Waals surface area contributed by atoms with Gasteiger partial charge in [0.2, 0.25) is 0 Å². The SMILES string of the molecule is Cc1ccc2cc(CN[C@H]3CCCC[C@@H]3C)c(=O)[nH]c2c1. The Bertz CT molecular complexity index is 689. The smallest absolute Gasteiger partial charge is 0.252 e. The van der Waals surface area contributed by atoms with Crippen LogP contribution in [0.5, 0.6) is 0 Å². The van der Waals surface area contributed by atoms with Crippen molar-refractivity contribution in [1.29, 1.82) is 0 Å². The third kappa shape index (κ3) is 3.18. The molecule has 0 saturated heterocycles. The molecule has 2 atom stereocenters. The number of aryl methyl sites for hydroxylation is 1. The highest BCUT2D eigenvalue weighted by Gasteiger charge is 2.20. The molecule has 1 aliphatic carbocycles. The van der Waals surface area contributed by atoms with E-state index in [4.69, 9.17) is 0 Å². The van der Waals surface area contributed by atoms with E-state index in [0.717, 1.165) is 16.5 Å². The molecule has 0 radical (unpaired) electrons. The Morgan fingerprint density at radius 1 is 1.24 bits per heavy atom. The highest BCUT2D eigenvalue weighted by molar-refractivity contribution is 5.79. The molecule has 1 fully saturated rings. The number of H-pyrrole nitrogens is 1. The van der Waals surface area contributed by atoms with Crippen LogP contribution in [0.25, 0.3) is 10.9 Å². The summed E-state index contributed by atoms with van der Waals surface area (Å²) in [4.78, 5) is 15.2. The van der Waals surface area contributed by atoms with Crippen LogP contribution < -0.4 is 10.9 Å². The Kier molecular flexibility index (Phi) is 4.11. The molecule has 112 valence electrons. The predicted octanol–water partition coefficient (Wildman–Crippen LogP) is 3.50. The summed E-state index contributed by atoms with van der Waals surface area (Å²) < 4.78 is 0. The number of aromatic nitrogens is 1. The van der Waals surface area contributed by atoms with Gasteiger partial charge in [0.15, 0.2) is 0 Å². The van der Waals surface area contributed by atoms with Crippen LogP contribution in [0.15, 0.2) is 29.1 Å². The van der Waals surface area contributed by atoms with Crippen LogP contribution in [0, 0.1) is 12.8 Å². The van der Waals surface area contributed by atoms with Crippen LogP contribution in [0.3, 0.4) is 0 Å². The van der Waals surface area contributed by atoms with Gasteiger partial charge in [-0.2, -0.15) is 0 Å². The average Bonchev–Trinajstić information content (AvgIpc) is 2.46. The normalized spacial score (nSPS) is 22.6. The van der Waals surface area contributed by atoms with Gasteiger partial charge in [0.25, 0.3) is 5.56 Å². The zero-order valence-electron chi connectivity index (χ0n) is 12.9. The van der Waals surface area contributed by atoms with E-state index in [9.17, 15) is 4.79 Å². The molecule has 0 unspecified atom stereocenters. The number of fused-ring (bicyclic) bond motifs is 1. The first kappa shape index (κ1) is 14.3. The number of aromatic amines is 1. The van der Waals surface area contributed by atoms with Crippen molar-refractivity contribution in [3.63, 3.8) is 0 Å². The van der Waals surface area contributed by atoms with E-state index in [-0.39, 0.29) is 5.56 Å². The monoisotopic (exact) mass is 284 g/mol. The summed E-state index contributed by atoms with van der Waals surface area (Å²) >= 11 is 0. The van der Waals surface area contributed by atoms with Crippen molar-refractivity contribution in [1.82, 2.24) is 10.3 Å². The largest absolute Gasteiger partial charge is 0.322 e. The standard InChI is InChI=1S/C18H24N2O/c1-12-7-8-14-10-15(18(21)20-17(14)9-12)11-19-16-6-4-3-5-13(16)2/h7-10,13,16,19H,3-6,11H2,1-2H3,(H,20,21)/t13-,16-/m0/s1. The summed E-state index contributed by atoms with van der Waals surface area (Å²) in [5.41, 5.74) is 2.96. The molecule has 1 aliphatic rings. The fourth-order valence-electron chi connectivity index (χ4n) is 3.35. The van der Waals surface area contributed by atoms with E-state index in [1.165, 1.54) is 31.2 Å². The molecule has 1 aromatic carbocycles. The van der Waals surface area contributed by atoms with Crippen molar-refractivity contribution < 1.29 is 0 Å². The van der Waals surface area contributed by atoms with Crippen LogP contribution in [0.2, 0.25) is 0 Å². The number of rotatable bonds is 3. The van der Waals surface area contributed by atoms with Crippen molar-refractivity contribution in [2.24, 2.45) is 5.92 Å². The first-order valence-corrected chi connectivity index (χ1v) is 7.99. The minimum Gasteiger partial charge on any atom is -0.322 e. The average molecular weight is 284 g/mol. The Morgan fingerprint density at radius 2 is 2.05 bits per heavy atom. The third-order valence-electron chi connectivity index (χ3n) is 4.74. The van der Waals surface area contributed by atoms with E-state index in [0.29, 0.717) is 18.5 Å². The minimum absolute atomic E-state index is 0.0315. The number of benzene rings is 1. The molecule has 0 amide bonds. The summed E-state index contributed by atoms with van der Waals surface area (Å²) in [6.45, 7) is 5.01. The number of hydrogen-bond acceptors (Lipinski definition) is 2. The third-order valence-corrected chi connectivity index (χ3v) is 4.74. The van der Waals surface area contributed by atoms with Gasteiger partial charge in [-0.05, 0) is 48.8 Å². The van der Waals surface area contributed by atoms with Gasteiger partial charge in [-0.3, -0.25) is 4.79 Å². The van der Waals surface area contributed by atoms with Crippen LogP contribution in [0.1, 0.15) is 43.7 Å². The first-order chi connectivity index (χ1) is 10.1.